The van der Waals surface area contributed by atoms with Crippen molar-refractivity contribution in [1.82, 2.24) is 10.2 Å². The molecule has 8 nitrogen and oxygen atoms in total. The fraction of sp³-hybridized carbons (Fsp3) is 0.320. The number of β-lactam (4-membered cyclic amide) rings is 1. The molecule has 184 valence electrons. The molecule has 0 spiro atoms. The number of methoxy groups -OCH3 is 2. The van der Waals surface area contributed by atoms with Gasteiger partial charge in [-0.2, -0.15) is 0 Å². The fourth-order valence-corrected chi connectivity index (χ4v) is 6.02. The van der Waals surface area contributed by atoms with E-state index in [2.05, 4.69) is 21.2 Å². The molecule has 0 aromatic heterocycles. The van der Waals surface area contributed by atoms with E-state index in [1.54, 1.807) is 32.4 Å². The van der Waals surface area contributed by atoms with E-state index in [9.17, 15) is 14.4 Å². The van der Waals surface area contributed by atoms with Crippen molar-refractivity contribution in [2.24, 2.45) is 0 Å². The zero-order valence-corrected chi connectivity index (χ0v) is 21.7. The van der Waals surface area contributed by atoms with Gasteiger partial charge in [-0.15, -0.1) is 11.8 Å². The third-order valence-corrected chi connectivity index (χ3v) is 7.72. The van der Waals surface area contributed by atoms with Gasteiger partial charge in [0.2, 0.25) is 5.91 Å². The number of alkyl halides is 1. The number of carbonyl (C=O) groups excluding carboxylic acids is 3. The van der Waals surface area contributed by atoms with E-state index in [-0.39, 0.29) is 35.9 Å². The van der Waals surface area contributed by atoms with Crippen molar-refractivity contribution >= 4 is 45.5 Å². The van der Waals surface area contributed by atoms with E-state index < -0.39 is 12.0 Å². The molecule has 2 aliphatic heterocycles. The van der Waals surface area contributed by atoms with Gasteiger partial charge >= 0.3 is 5.97 Å². The molecule has 0 saturated carbocycles. The summed E-state index contributed by atoms with van der Waals surface area (Å²) in [5.74, 6) is 0.559. The quantitative estimate of drug-likeness (QED) is 0.286. The lowest BCUT2D eigenvalue weighted by Crippen LogP contribution is -2.70. The molecule has 1 fully saturated rings. The van der Waals surface area contributed by atoms with E-state index in [1.807, 2.05) is 30.3 Å². The normalized spacial score (nSPS) is 18.9. The average molecular weight is 561 g/mol. The van der Waals surface area contributed by atoms with Crippen LogP contribution in [0.4, 0.5) is 0 Å². The van der Waals surface area contributed by atoms with Crippen LogP contribution in [0.25, 0.3) is 0 Å². The lowest BCUT2D eigenvalue weighted by atomic mass is 10.0. The SMILES string of the molecule is COc1cc(COC(=O)C2=C(CBr)CS[C@H]3C(NC(=O)Cc4ccccc4)C(=O)N23)cc(OC)c1. The highest BCUT2D eigenvalue weighted by molar-refractivity contribution is 9.09. The molecule has 1 N–H and O–H groups in total. The van der Waals surface area contributed by atoms with Crippen molar-refractivity contribution in [3.63, 3.8) is 0 Å². The van der Waals surface area contributed by atoms with Gasteiger partial charge in [0.25, 0.3) is 5.91 Å². The van der Waals surface area contributed by atoms with Crippen molar-refractivity contribution in [1.29, 1.82) is 0 Å². The number of nitrogens with one attached hydrogen (secondary N) is 1. The summed E-state index contributed by atoms with van der Waals surface area (Å²) in [4.78, 5) is 40.1. The zero-order valence-electron chi connectivity index (χ0n) is 19.3. The summed E-state index contributed by atoms with van der Waals surface area (Å²) in [6.07, 6.45) is 0.184. The van der Waals surface area contributed by atoms with E-state index in [0.717, 1.165) is 11.1 Å². The van der Waals surface area contributed by atoms with Crippen molar-refractivity contribution < 1.29 is 28.6 Å². The first-order valence-corrected chi connectivity index (χ1v) is 13.1. The Morgan fingerprint density at radius 1 is 1.09 bits per heavy atom. The molecule has 2 amide bonds. The Bertz CT molecular complexity index is 1130. The van der Waals surface area contributed by atoms with Gasteiger partial charge in [-0.05, 0) is 28.8 Å². The second-order valence-corrected chi connectivity index (χ2v) is 9.67. The number of hydrogen-bond acceptors (Lipinski definition) is 7. The predicted octanol–water partition coefficient (Wildman–Crippen LogP) is 3.04. The van der Waals surface area contributed by atoms with E-state index in [1.165, 1.54) is 16.7 Å². The van der Waals surface area contributed by atoms with Crippen molar-refractivity contribution in [3.8, 4) is 11.5 Å². The van der Waals surface area contributed by atoms with Gasteiger partial charge < -0.3 is 19.5 Å². The third kappa shape index (κ3) is 5.48. The maximum Gasteiger partial charge on any atom is 0.355 e. The van der Waals surface area contributed by atoms with Crippen LogP contribution in [0.2, 0.25) is 0 Å². The van der Waals surface area contributed by atoms with Crippen LogP contribution in [-0.4, -0.2) is 59.4 Å². The number of ether oxygens (including phenoxy) is 3. The van der Waals surface area contributed by atoms with Crippen LogP contribution in [0, 0.1) is 0 Å². The Morgan fingerprint density at radius 3 is 2.40 bits per heavy atom. The van der Waals surface area contributed by atoms with E-state index in [0.29, 0.717) is 28.1 Å². The van der Waals surface area contributed by atoms with Crippen molar-refractivity contribution in [2.75, 3.05) is 25.3 Å². The summed E-state index contributed by atoms with van der Waals surface area (Å²) in [5.41, 5.74) is 2.56. The standard InChI is InChI=1S/C25H25BrN2O6S/c1-32-18-8-16(9-19(11-18)33-2)13-34-25(31)22-17(12-26)14-35-24-21(23(30)28(22)24)27-20(29)10-15-6-4-3-5-7-15/h3-9,11,21,24H,10,12-14H2,1-2H3,(H,27,29)/t21?,24-/m0/s1. The van der Waals surface area contributed by atoms with Gasteiger partial charge in [-0.1, -0.05) is 46.3 Å². The van der Waals surface area contributed by atoms with Crippen LogP contribution in [0.15, 0.2) is 59.8 Å². The second kappa shape index (κ2) is 11.2. The summed E-state index contributed by atoms with van der Waals surface area (Å²) >= 11 is 4.93. The number of carbonyl (C=O) groups is 3. The first-order valence-electron chi connectivity index (χ1n) is 10.9. The monoisotopic (exact) mass is 560 g/mol. The summed E-state index contributed by atoms with van der Waals surface area (Å²) < 4.78 is 16.1. The molecule has 2 aliphatic rings. The van der Waals surface area contributed by atoms with Crippen LogP contribution >= 0.6 is 27.7 Å². The van der Waals surface area contributed by atoms with E-state index >= 15 is 0 Å². The largest absolute Gasteiger partial charge is 0.497 e. The number of halogens is 1. The summed E-state index contributed by atoms with van der Waals surface area (Å²) in [7, 11) is 3.09. The first kappa shape index (κ1) is 25.1. The smallest absolute Gasteiger partial charge is 0.355 e. The van der Waals surface area contributed by atoms with Crippen molar-refractivity contribution in [2.45, 2.75) is 24.4 Å². The number of thioether (sulfide) groups is 1. The zero-order chi connectivity index (χ0) is 24.9. The van der Waals surface area contributed by atoms with Crippen LogP contribution in [0.1, 0.15) is 11.1 Å². The summed E-state index contributed by atoms with van der Waals surface area (Å²) in [6, 6.07) is 13.9. The molecule has 2 atom stereocenters. The Hall–Kier alpha value is -2.98. The number of amides is 2. The number of esters is 1. The number of benzene rings is 2. The number of fused-ring (bicyclic) bond motifs is 1. The molecule has 2 heterocycles. The van der Waals surface area contributed by atoms with Crippen molar-refractivity contribution in [3.05, 3.63) is 70.9 Å². The fourth-order valence-electron chi connectivity index (χ4n) is 3.95. The lowest BCUT2D eigenvalue weighted by molar-refractivity contribution is -0.153. The topological polar surface area (TPSA) is 94.2 Å². The molecule has 0 bridgehead atoms. The predicted molar refractivity (Wildman–Crippen MR) is 135 cm³/mol. The molecule has 0 aliphatic carbocycles. The highest BCUT2D eigenvalue weighted by atomic mass is 79.9. The highest BCUT2D eigenvalue weighted by Crippen LogP contribution is 2.41. The third-order valence-electron chi connectivity index (χ3n) is 5.71. The minimum atomic E-state index is -0.682. The Balaban J connectivity index is 1.43. The Labute approximate surface area is 216 Å². The number of nitrogens with zero attached hydrogens (tertiary/aromatic N) is 1. The second-order valence-electron chi connectivity index (χ2n) is 8.00. The van der Waals surface area contributed by atoms with Crippen LogP contribution in [0.3, 0.4) is 0 Å². The van der Waals surface area contributed by atoms with Crippen LogP contribution in [0.5, 0.6) is 11.5 Å². The Morgan fingerprint density at radius 2 is 1.77 bits per heavy atom. The van der Waals surface area contributed by atoms with Crippen LogP contribution < -0.4 is 14.8 Å². The maximum absolute atomic E-state index is 13.1. The van der Waals surface area contributed by atoms with Gasteiger partial charge in [-0.25, -0.2) is 4.79 Å². The molecular formula is C25H25BrN2O6S. The molecule has 4 rings (SSSR count). The average Bonchev–Trinajstić information content (AvgIpc) is 2.89. The minimum Gasteiger partial charge on any atom is -0.497 e. The van der Waals surface area contributed by atoms with Gasteiger partial charge in [0.15, 0.2) is 0 Å². The van der Waals surface area contributed by atoms with E-state index in [4.69, 9.17) is 14.2 Å². The molecule has 35 heavy (non-hydrogen) atoms. The molecule has 2 aromatic carbocycles. The molecule has 1 unspecified atom stereocenters. The Kier molecular flexibility index (Phi) is 8.02. The first-order chi connectivity index (χ1) is 16.9. The number of hydrogen-bond donors (Lipinski definition) is 1. The van der Waals surface area contributed by atoms with Crippen LogP contribution in [-0.2, 0) is 32.1 Å². The highest BCUT2D eigenvalue weighted by Gasteiger charge is 2.54. The van der Waals surface area contributed by atoms with Gasteiger partial charge in [0, 0.05) is 17.1 Å². The molecule has 10 heteroatoms. The van der Waals surface area contributed by atoms with Gasteiger partial charge in [0.1, 0.15) is 35.2 Å². The molecule has 1 saturated heterocycles. The molecule has 2 aromatic rings. The molecule has 0 radical (unpaired) electrons. The maximum atomic E-state index is 13.1. The van der Waals surface area contributed by atoms with Gasteiger partial charge in [0.05, 0.1) is 20.6 Å². The molecular weight excluding hydrogens is 536 g/mol. The van der Waals surface area contributed by atoms with Gasteiger partial charge in [-0.3, -0.25) is 14.5 Å². The summed E-state index contributed by atoms with van der Waals surface area (Å²) in [5, 5.41) is 2.90. The lowest BCUT2D eigenvalue weighted by Gasteiger charge is -2.49. The minimum absolute atomic E-state index is 0.0114. The number of rotatable bonds is 9. The summed E-state index contributed by atoms with van der Waals surface area (Å²) in [6.45, 7) is -0.0114.